The fraction of sp³-hybridized carbons (Fsp3) is 1.00. The number of hydrogen-bond donors (Lipinski definition) is 2. The fourth-order valence-corrected chi connectivity index (χ4v) is 2.71. The summed E-state index contributed by atoms with van der Waals surface area (Å²) in [5, 5.41) is 3.00. The lowest BCUT2D eigenvalue weighted by molar-refractivity contribution is 0.536. The molecule has 0 radical (unpaired) electrons. The van der Waals surface area contributed by atoms with E-state index in [1.807, 2.05) is 13.8 Å². The van der Waals surface area contributed by atoms with Crippen molar-refractivity contribution >= 4 is 10.0 Å². The largest absolute Gasteiger partial charge is 0.316 e. The van der Waals surface area contributed by atoms with Crippen LogP contribution in [-0.2, 0) is 10.0 Å². The van der Waals surface area contributed by atoms with Crippen LogP contribution in [0.3, 0.4) is 0 Å². The van der Waals surface area contributed by atoms with Gasteiger partial charge in [-0.2, -0.15) is 0 Å². The Labute approximate surface area is 86.5 Å². The van der Waals surface area contributed by atoms with Gasteiger partial charge in [-0.15, -0.1) is 0 Å². The van der Waals surface area contributed by atoms with Gasteiger partial charge in [0.1, 0.15) is 0 Å². The highest BCUT2D eigenvalue weighted by Crippen LogP contribution is 2.32. The third-order valence-corrected chi connectivity index (χ3v) is 3.96. The molecule has 1 aliphatic carbocycles. The topological polar surface area (TPSA) is 58.2 Å². The Balaban J connectivity index is 2.25. The van der Waals surface area contributed by atoms with E-state index in [0.717, 1.165) is 19.4 Å². The average molecular weight is 220 g/mol. The minimum absolute atomic E-state index is 0.113. The zero-order valence-electron chi connectivity index (χ0n) is 8.91. The van der Waals surface area contributed by atoms with Gasteiger partial charge in [-0.3, -0.25) is 0 Å². The Kier molecular flexibility index (Phi) is 4.34. The quantitative estimate of drug-likeness (QED) is 0.607. The minimum atomic E-state index is -3.07. The van der Waals surface area contributed by atoms with Crippen LogP contribution in [0.4, 0.5) is 0 Å². The third kappa shape index (κ3) is 4.39. The van der Waals surface area contributed by atoms with Crippen LogP contribution in [0, 0.1) is 5.92 Å². The highest BCUT2D eigenvalue weighted by atomic mass is 32.2. The van der Waals surface area contributed by atoms with Crippen LogP contribution in [0.1, 0.15) is 26.7 Å². The first kappa shape index (κ1) is 11.9. The molecule has 1 saturated carbocycles. The maximum absolute atomic E-state index is 11.5. The summed E-state index contributed by atoms with van der Waals surface area (Å²) in [6.07, 6.45) is 2.33. The lowest BCUT2D eigenvalue weighted by Gasteiger charge is -2.13. The first-order valence-corrected chi connectivity index (χ1v) is 6.91. The van der Waals surface area contributed by atoms with Crippen LogP contribution < -0.4 is 10.0 Å². The zero-order chi connectivity index (χ0) is 10.6. The van der Waals surface area contributed by atoms with Gasteiger partial charge in [0, 0.05) is 12.6 Å². The van der Waals surface area contributed by atoms with Gasteiger partial charge in [0.2, 0.25) is 10.0 Å². The van der Waals surface area contributed by atoms with Crippen LogP contribution >= 0.6 is 0 Å². The van der Waals surface area contributed by atoms with E-state index in [9.17, 15) is 8.42 Å². The SMILES string of the molecule is CCNCCS(=O)(=O)NC(C)C1CC1. The molecule has 0 aromatic heterocycles. The van der Waals surface area contributed by atoms with Crippen molar-refractivity contribution in [2.75, 3.05) is 18.8 Å². The zero-order valence-corrected chi connectivity index (χ0v) is 9.73. The molecule has 1 unspecified atom stereocenters. The molecule has 0 aromatic carbocycles. The normalized spacial score (nSPS) is 19.6. The Morgan fingerprint density at radius 1 is 1.43 bits per heavy atom. The molecular weight excluding hydrogens is 200 g/mol. The van der Waals surface area contributed by atoms with E-state index < -0.39 is 10.0 Å². The molecule has 0 spiro atoms. The summed E-state index contributed by atoms with van der Waals surface area (Å²) >= 11 is 0. The molecule has 0 bridgehead atoms. The summed E-state index contributed by atoms with van der Waals surface area (Å²) in [5.41, 5.74) is 0. The van der Waals surface area contributed by atoms with Crippen LogP contribution in [0.25, 0.3) is 0 Å². The predicted octanol–water partition coefficient (Wildman–Crippen LogP) is 0.314. The lowest BCUT2D eigenvalue weighted by Crippen LogP contribution is -2.38. The Bertz CT molecular complexity index is 260. The van der Waals surface area contributed by atoms with E-state index in [2.05, 4.69) is 10.0 Å². The van der Waals surface area contributed by atoms with Gasteiger partial charge in [-0.05, 0) is 32.2 Å². The molecule has 1 aliphatic rings. The van der Waals surface area contributed by atoms with Crippen molar-refractivity contribution in [3.8, 4) is 0 Å². The van der Waals surface area contributed by atoms with Gasteiger partial charge >= 0.3 is 0 Å². The monoisotopic (exact) mass is 220 g/mol. The molecule has 0 heterocycles. The number of sulfonamides is 1. The number of rotatable bonds is 7. The van der Waals surface area contributed by atoms with Crippen molar-refractivity contribution in [3.05, 3.63) is 0 Å². The first-order chi connectivity index (χ1) is 6.55. The maximum Gasteiger partial charge on any atom is 0.213 e. The van der Waals surface area contributed by atoms with E-state index in [-0.39, 0.29) is 11.8 Å². The average Bonchev–Trinajstić information content (AvgIpc) is 2.85. The Morgan fingerprint density at radius 2 is 2.07 bits per heavy atom. The van der Waals surface area contributed by atoms with Crippen LogP contribution in [0.2, 0.25) is 0 Å². The molecule has 84 valence electrons. The van der Waals surface area contributed by atoms with Gasteiger partial charge in [0.15, 0.2) is 0 Å². The second-order valence-corrected chi connectivity index (χ2v) is 5.79. The standard InChI is InChI=1S/C9H20N2O2S/c1-3-10-6-7-14(12,13)11-8(2)9-4-5-9/h8-11H,3-7H2,1-2H3. The molecule has 0 saturated heterocycles. The lowest BCUT2D eigenvalue weighted by atomic mass is 10.2. The summed E-state index contributed by atoms with van der Waals surface area (Å²) in [4.78, 5) is 0. The van der Waals surface area contributed by atoms with Crippen molar-refractivity contribution in [2.45, 2.75) is 32.7 Å². The fourth-order valence-electron chi connectivity index (χ4n) is 1.42. The van der Waals surface area contributed by atoms with Crippen molar-refractivity contribution in [1.82, 2.24) is 10.0 Å². The summed E-state index contributed by atoms with van der Waals surface area (Å²) in [7, 11) is -3.07. The van der Waals surface area contributed by atoms with Gasteiger partial charge in [-0.25, -0.2) is 13.1 Å². The molecular formula is C9H20N2O2S. The van der Waals surface area contributed by atoms with Crippen molar-refractivity contribution in [1.29, 1.82) is 0 Å². The summed E-state index contributed by atoms with van der Waals surface area (Å²) in [6.45, 7) is 5.26. The highest BCUT2D eigenvalue weighted by Gasteiger charge is 2.30. The van der Waals surface area contributed by atoms with E-state index in [1.54, 1.807) is 0 Å². The van der Waals surface area contributed by atoms with Gasteiger partial charge < -0.3 is 5.32 Å². The van der Waals surface area contributed by atoms with E-state index >= 15 is 0 Å². The minimum Gasteiger partial charge on any atom is -0.316 e. The third-order valence-electron chi connectivity index (χ3n) is 2.49. The molecule has 2 N–H and O–H groups in total. The number of hydrogen-bond acceptors (Lipinski definition) is 3. The van der Waals surface area contributed by atoms with Crippen molar-refractivity contribution in [3.63, 3.8) is 0 Å². The van der Waals surface area contributed by atoms with Crippen LogP contribution in [-0.4, -0.2) is 33.3 Å². The molecule has 4 nitrogen and oxygen atoms in total. The van der Waals surface area contributed by atoms with E-state index in [4.69, 9.17) is 0 Å². The molecule has 5 heteroatoms. The van der Waals surface area contributed by atoms with Gasteiger partial charge in [0.25, 0.3) is 0 Å². The van der Waals surface area contributed by atoms with E-state index in [1.165, 1.54) is 0 Å². The molecule has 0 amide bonds. The summed E-state index contributed by atoms with van der Waals surface area (Å²) < 4.78 is 25.7. The molecule has 14 heavy (non-hydrogen) atoms. The second-order valence-electron chi connectivity index (χ2n) is 3.92. The van der Waals surface area contributed by atoms with Gasteiger partial charge in [-0.1, -0.05) is 6.92 Å². The highest BCUT2D eigenvalue weighted by molar-refractivity contribution is 7.89. The molecule has 0 aliphatic heterocycles. The first-order valence-electron chi connectivity index (χ1n) is 5.26. The Morgan fingerprint density at radius 3 is 2.57 bits per heavy atom. The maximum atomic E-state index is 11.5. The predicted molar refractivity (Wildman–Crippen MR) is 57.7 cm³/mol. The number of nitrogens with one attached hydrogen (secondary N) is 2. The summed E-state index contributed by atoms with van der Waals surface area (Å²) in [6, 6.07) is 0.113. The van der Waals surface area contributed by atoms with Gasteiger partial charge in [0.05, 0.1) is 5.75 Å². The smallest absolute Gasteiger partial charge is 0.213 e. The van der Waals surface area contributed by atoms with Crippen LogP contribution in [0.5, 0.6) is 0 Å². The molecule has 0 aromatic rings. The van der Waals surface area contributed by atoms with Crippen LogP contribution in [0.15, 0.2) is 0 Å². The molecule has 1 rings (SSSR count). The molecule has 1 fully saturated rings. The van der Waals surface area contributed by atoms with Crippen molar-refractivity contribution in [2.24, 2.45) is 5.92 Å². The Hall–Kier alpha value is -0.130. The van der Waals surface area contributed by atoms with E-state index in [0.29, 0.717) is 12.5 Å². The second kappa shape index (κ2) is 5.09. The molecule has 1 atom stereocenters. The summed E-state index contributed by atoms with van der Waals surface area (Å²) in [5.74, 6) is 0.752. The van der Waals surface area contributed by atoms with Crippen molar-refractivity contribution < 1.29 is 8.42 Å².